The second-order valence-electron chi connectivity index (χ2n) is 3.23. The van der Waals surface area contributed by atoms with Crippen LogP contribution in [0.15, 0.2) is 35.7 Å². The summed E-state index contributed by atoms with van der Waals surface area (Å²) in [5.74, 6) is -0.851. The fraction of sp³-hybridized carbons (Fsp3) is 0.200. The molecule has 88 valence electrons. The monoisotopic (exact) mass is 244 g/mol. The van der Waals surface area contributed by atoms with Gasteiger partial charge in [-0.1, -0.05) is 12.1 Å². The van der Waals surface area contributed by atoms with Crippen LogP contribution in [0.25, 0.3) is 0 Å². The molecule has 0 aliphatic rings. The highest BCUT2D eigenvalue weighted by atomic mass is 32.2. The molecule has 0 aliphatic heterocycles. The van der Waals surface area contributed by atoms with Gasteiger partial charge in [0, 0.05) is 13.6 Å². The van der Waals surface area contributed by atoms with Crippen LogP contribution in [0.1, 0.15) is 0 Å². The topological polar surface area (TPSA) is 63.4 Å². The average molecular weight is 244 g/mol. The van der Waals surface area contributed by atoms with Crippen LogP contribution in [-0.4, -0.2) is 26.3 Å². The highest BCUT2D eigenvalue weighted by Gasteiger charge is 2.25. The van der Waals surface area contributed by atoms with Gasteiger partial charge in [-0.3, -0.25) is 0 Å². The molecule has 1 aromatic rings. The lowest BCUT2D eigenvalue weighted by Gasteiger charge is -2.16. The molecule has 1 rings (SSSR count). The van der Waals surface area contributed by atoms with Crippen molar-refractivity contribution < 1.29 is 12.8 Å². The standard InChI is InChI=1S/C10H13FN2O2S/c1-3-7-13(2)16(14,15)10-8(11)5-4-6-9(10)12/h3-6H,1,7,12H2,2H3. The molecule has 6 heteroatoms. The molecule has 0 aromatic heterocycles. The first-order chi connectivity index (χ1) is 7.41. The van der Waals surface area contributed by atoms with Crippen molar-refractivity contribution in [3.63, 3.8) is 0 Å². The van der Waals surface area contributed by atoms with E-state index >= 15 is 0 Å². The van der Waals surface area contributed by atoms with E-state index < -0.39 is 20.7 Å². The first-order valence-corrected chi connectivity index (χ1v) is 5.96. The molecule has 1 aromatic carbocycles. The Morgan fingerprint density at radius 2 is 2.19 bits per heavy atom. The molecule has 0 aliphatic carbocycles. The minimum Gasteiger partial charge on any atom is -0.398 e. The molecule has 4 nitrogen and oxygen atoms in total. The molecule has 0 amide bonds. The summed E-state index contributed by atoms with van der Waals surface area (Å²) < 4.78 is 38.3. The maximum Gasteiger partial charge on any atom is 0.248 e. The maximum atomic E-state index is 13.4. The van der Waals surface area contributed by atoms with Crippen LogP contribution in [-0.2, 0) is 10.0 Å². The van der Waals surface area contributed by atoms with Gasteiger partial charge in [-0.15, -0.1) is 6.58 Å². The minimum absolute atomic E-state index is 0.0934. The van der Waals surface area contributed by atoms with Crippen LogP contribution in [0.5, 0.6) is 0 Å². The summed E-state index contributed by atoms with van der Waals surface area (Å²) in [7, 11) is -2.56. The van der Waals surface area contributed by atoms with Crippen molar-refractivity contribution in [2.75, 3.05) is 19.3 Å². The second kappa shape index (κ2) is 4.63. The van der Waals surface area contributed by atoms with Gasteiger partial charge in [0.1, 0.15) is 10.7 Å². The molecule has 0 fully saturated rings. The quantitative estimate of drug-likeness (QED) is 0.639. The summed E-state index contributed by atoms with van der Waals surface area (Å²) in [4.78, 5) is -0.487. The molecule has 0 spiro atoms. The van der Waals surface area contributed by atoms with Gasteiger partial charge in [-0.25, -0.2) is 12.8 Å². The Kier molecular flexibility index (Phi) is 3.66. The summed E-state index contributed by atoms with van der Waals surface area (Å²) >= 11 is 0. The van der Waals surface area contributed by atoms with Gasteiger partial charge in [0.15, 0.2) is 0 Å². The number of nitrogens with two attached hydrogens (primary N) is 1. The van der Waals surface area contributed by atoms with E-state index in [2.05, 4.69) is 6.58 Å². The number of sulfonamides is 1. The van der Waals surface area contributed by atoms with E-state index in [9.17, 15) is 12.8 Å². The first kappa shape index (κ1) is 12.7. The molecule has 0 radical (unpaired) electrons. The van der Waals surface area contributed by atoms with Gasteiger partial charge in [0.05, 0.1) is 5.69 Å². The highest BCUT2D eigenvalue weighted by molar-refractivity contribution is 7.89. The first-order valence-electron chi connectivity index (χ1n) is 4.52. The van der Waals surface area contributed by atoms with Crippen molar-refractivity contribution in [3.05, 3.63) is 36.7 Å². The fourth-order valence-electron chi connectivity index (χ4n) is 1.23. The lowest BCUT2D eigenvalue weighted by Crippen LogP contribution is -2.28. The van der Waals surface area contributed by atoms with E-state index in [1.54, 1.807) is 0 Å². The summed E-state index contributed by atoms with van der Waals surface area (Å²) in [6.45, 7) is 3.51. The van der Waals surface area contributed by atoms with Gasteiger partial charge < -0.3 is 5.73 Å². The zero-order chi connectivity index (χ0) is 12.3. The average Bonchev–Trinajstić information content (AvgIpc) is 2.17. The molecule has 0 saturated heterocycles. The van der Waals surface area contributed by atoms with E-state index in [0.29, 0.717) is 0 Å². The summed E-state index contributed by atoms with van der Waals surface area (Å²) in [6, 6.07) is 3.76. The molecule has 0 heterocycles. The normalized spacial score (nSPS) is 11.7. The largest absolute Gasteiger partial charge is 0.398 e. The van der Waals surface area contributed by atoms with E-state index in [-0.39, 0.29) is 12.2 Å². The summed E-state index contributed by atoms with van der Waals surface area (Å²) in [6.07, 6.45) is 1.41. The van der Waals surface area contributed by atoms with Crippen molar-refractivity contribution in [2.24, 2.45) is 0 Å². The molecule has 16 heavy (non-hydrogen) atoms. The number of likely N-dealkylation sites (N-methyl/N-ethyl adjacent to an activating group) is 1. The smallest absolute Gasteiger partial charge is 0.248 e. The number of nitrogens with zero attached hydrogens (tertiary/aromatic N) is 1. The van der Waals surface area contributed by atoms with Crippen LogP contribution in [0, 0.1) is 5.82 Å². The number of hydrogen-bond acceptors (Lipinski definition) is 3. The molecule has 0 atom stereocenters. The van der Waals surface area contributed by atoms with Gasteiger partial charge in [-0.2, -0.15) is 4.31 Å². The number of halogens is 1. The molecule has 2 N–H and O–H groups in total. The SMILES string of the molecule is C=CCN(C)S(=O)(=O)c1c(N)cccc1F. The Hall–Kier alpha value is -1.40. The Morgan fingerprint density at radius 3 is 2.69 bits per heavy atom. The molecular formula is C10H13FN2O2S. The number of hydrogen-bond donors (Lipinski definition) is 1. The molecule has 0 unspecified atom stereocenters. The van der Waals surface area contributed by atoms with Crippen molar-refractivity contribution in [3.8, 4) is 0 Å². The lowest BCUT2D eigenvalue weighted by molar-refractivity contribution is 0.490. The zero-order valence-corrected chi connectivity index (χ0v) is 9.67. The molecule has 0 bridgehead atoms. The van der Waals surface area contributed by atoms with Crippen molar-refractivity contribution in [1.29, 1.82) is 0 Å². The number of rotatable bonds is 4. The van der Waals surface area contributed by atoms with Gasteiger partial charge >= 0.3 is 0 Å². The second-order valence-corrected chi connectivity index (χ2v) is 5.21. The van der Waals surface area contributed by atoms with Crippen LogP contribution >= 0.6 is 0 Å². The van der Waals surface area contributed by atoms with Crippen LogP contribution in [0.2, 0.25) is 0 Å². The Morgan fingerprint density at radius 1 is 1.56 bits per heavy atom. The summed E-state index contributed by atoms with van der Waals surface area (Å²) in [5, 5.41) is 0. The summed E-state index contributed by atoms with van der Waals surface area (Å²) in [5.41, 5.74) is 5.37. The van der Waals surface area contributed by atoms with E-state index in [1.807, 2.05) is 0 Å². The van der Waals surface area contributed by atoms with Crippen molar-refractivity contribution in [1.82, 2.24) is 4.31 Å². The predicted octanol–water partition coefficient (Wildman–Crippen LogP) is 1.21. The van der Waals surface area contributed by atoms with Gasteiger partial charge in [0.25, 0.3) is 0 Å². The zero-order valence-electron chi connectivity index (χ0n) is 8.85. The number of anilines is 1. The minimum atomic E-state index is -3.90. The maximum absolute atomic E-state index is 13.4. The van der Waals surface area contributed by atoms with E-state index in [4.69, 9.17) is 5.73 Å². The molecular weight excluding hydrogens is 231 g/mol. The van der Waals surface area contributed by atoms with Crippen molar-refractivity contribution >= 4 is 15.7 Å². The lowest BCUT2D eigenvalue weighted by atomic mass is 10.3. The highest BCUT2D eigenvalue weighted by Crippen LogP contribution is 2.24. The van der Waals surface area contributed by atoms with Gasteiger partial charge in [-0.05, 0) is 12.1 Å². The third-order valence-corrected chi connectivity index (χ3v) is 3.97. The number of nitrogen functional groups attached to an aromatic ring is 1. The van der Waals surface area contributed by atoms with Gasteiger partial charge in [0.2, 0.25) is 10.0 Å². The third-order valence-electron chi connectivity index (χ3n) is 2.05. The van der Waals surface area contributed by atoms with Crippen LogP contribution in [0.4, 0.5) is 10.1 Å². The Bertz CT molecular complexity index is 479. The van der Waals surface area contributed by atoms with Crippen LogP contribution < -0.4 is 5.73 Å². The van der Waals surface area contributed by atoms with Crippen molar-refractivity contribution in [2.45, 2.75) is 4.90 Å². The Balaban J connectivity index is 3.32. The van der Waals surface area contributed by atoms with E-state index in [0.717, 1.165) is 10.4 Å². The van der Waals surface area contributed by atoms with Crippen LogP contribution in [0.3, 0.4) is 0 Å². The van der Waals surface area contributed by atoms with E-state index in [1.165, 1.54) is 25.3 Å². The fourth-order valence-corrected chi connectivity index (χ4v) is 2.53. The predicted molar refractivity (Wildman–Crippen MR) is 60.8 cm³/mol. The third kappa shape index (κ3) is 2.23. The number of benzene rings is 1. The Labute approximate surface area is 94.2 Å². The molecule has 0 saturated carbocycles.